The van der Waals surface area contributed by atoms with E-state index in [1.807, 2.05) is 31.2 Å². The molecule has 0 fully saturated rings. The molecule has 21 heavy (non-hydrogen) atoms. The molecule has 5 heteroatoms. The maximum Gasteiger partial charge on any atom is 0.328 e. The van der Waals surface area contributed by atoms with Crippen molar-refractivity contribution in [3.63, 3.8) is 0 Å². The van der Waals surface area contributed by atoms with Crippen molar-refractivity contribution in [2.75, 3.05) is 0 Å². The molecule has 0 saturated carbocycles. The molecule has 1 atom stereocenters. The standard InChI is InChI=1S/C16H23N3O2/c1-4-7-12(2)17-15(20)10-11-19-14-9-6-5-8-13(14)18(3)16(19)21/h5-6,8-9,12H,4,7,10-11H2,1-3H3,(H,17,20). The van der Waals surface area contributed by atoms with Crippen LogP contribution < -0.4 is 11.0 Å². The lowest BCUT2D eigenvalue weighted by molar-refractivity contribution is -0.121. The lowest BCUT2D eigenvalue weighted by atomic mass is 10.2. The largest absolute Gasteiger partial charge is 0.354 e. The number of hydrogen-bond acceptors (Lipinski definition) is 2. The minimum atomic E-state index is -0.0781. The molecule has 0 bridgehead atoms. The first-order valence-electron chi connectivity index (χ1n) is 7.48. The number of para-hydroxylation sites is 2. The van der Waals surface area contributed by atoms with Crippen LogP contribution in [0.3, 0.4) is 0 Å². The van der Waals surface area contributed by atoms with Crippen molar-refractivity contribution >= 4 is 16.9 Å². The van der Waals surface area contributed by atoms with Crippen LogP contribution in [0.5, 0.6) is 0 Å². The highest BCUT2D eigenvalue weighted by Crippen LogP contribution is 2.11. The number of rotatable bonds is 6. The highest BCUT2D eigenvalue weighted by atomic mass is 16.2. The number of nitrogens with one attached hydrogen (secondary N) is 1. The van der Waals surface area contributed by atoms with Crippen LogP contribution in [0.4, 0.5) is 0 Å². The van der Waals surface area contributed by atoms with Crippen LogP contribution in [0.25, 0.3) is 11.0 Å². The summed E-state index contributed by atoms with van der Waals surface area (Å²) < 4.78 is 3.28. The first-order chi connectivity index (χ1) is 10.0. The summed E-state index contributed by atoms with van der Waals surface area (Å²) >= 11 is 0. The van der Waals surface area contributed by atoms with E-state index in [0.29, 0.717) is 13.0 Å². The fourth-order valence-electron chi connectivity index (χ4n) is 2.64. The number of aryl methyl sites for hydroxylation is 2. The van der Waals surface area contributed by atoms with Crippen LogP contribution in [-0.2, 0) is 18.4 Å². The van der Waals surface area contributed by atoms with Gasteiger partial charge in [0.25, 0.3) is 0 Å². The Morgan fingerprint density at radius 3 is 2.62 bits per heavy atom. The average Bonchev–Trinajstić information content (AvgIpc) is 2.70. The van der Waals surface area contributed by atoms with E-state index in [1.165, 1.54) is 0 Å². The van der Waals surface area contributed by atoms with E-state index in [-0.39, 0.29) is 17.6 Å². The molecule has 2 aromatic rings. The Kier molecular flexibility index (Phi) is 4.83. The Labute approximate surface area is 124 Å². The lowest BCUT2D eigenvalue weighted by Gasteiger charge is -2.12. The highest BCUT2D eigenvalue weighted by molar-refractivity contribution is 5.78. The minimum absolute atomic E-state index is 0.00390. The number of benzene rings is 1. The van der Waals surface area contributed by atoms with Crippen molar-refractivity contribution in [3.05, 3.63) is 34.7 Å². The Hall–Kier alpha value is -2.04. The second kappa shape index (κ2) is 6.61. The van der Waals surface area contributed by atoms with E-state index in [0.717, 1.165) is 23.9 Å². The quantitative estimate of drug-likeness (QED) is 0.884. The number of nitrogens with zero attached hydrogens (tertiary/aromatic N) is 2. The molecule has 1 aromatic heterocycles. The van der Waals surface area contributed by atoms with Gasteiger partial charge in [0.2, 0.25) is 5.91 Å². The molecule has 114 valence electrons. The third-order valence-electron chi connectivity index (χ3n) is 3.74. The third-order valence-corrected chi connectivity index (χ3v) is 3.74. The Bertz CT molecular complexity index is 684. The SMILES string of the molecule is CCCC(C)NC(=O)CCn1c(=O)n(C)c2ccccc21. The van der Waals surface area contributed by atoms with Gasteiger partial charge in [-0.05, 0) is 25.5 Å². The van der Waals surface area contributed by atoms with Gasteiger partial charge < -0.3 is 5.32 Å². The molecule has 0 spiro atoms. The maximum atomic E-state index is 12.2. The Morgan fingerprint density at radius 1 is 1.29 bits per heavy atom. The van der Waals surface area contributed by atoms with E-state index in [9.17, 15) is 9.59 Å². The molecule has 2 rings (SSSR count). The number of aromatic nitrogens is 2. The summed E-state index contributed by atoms with van der Waals surface area (Å²) in [5, 5.41) is 2.96. The zero-order valence-electron chi connectivity index (χ0n) is 12.9. The number of carbonyl (C=O) groups excluding carboxylic acids is 1. The number of amides is 1. The van der Waals surface area contributed by atoms with Gasteiger partial charge in [-0.2, -0.15) is 0 Å². The topological polar surface area (TPSA) is 56.0 Å². The molecule has 0 aliphatic carbocycles. The molecule has 0 radical (unpaired) electrons. The summed E-state index contributed by atoms with van der Waals surface area (Å²) in [5.41, 5.74) is 1.69. The molecular formula is C16H23N3O2. The molecule has 0 aliphatic rings. The summed E-state index contributed by atoms with van der Waals surface area (Å²) in [7, 11) is 1.75. The lowest BCUT2D eigenvalue weighted by Crippen LogP contribution is -2.33. The van der Waals surface area contributed by atoms with Crippen LogP contribution in [0, 0.1) is 0 Å². The van der Waals surface area contributed by atoms with Gasteiger partial charge in [0.1, 0.15) is 0 Å². The summed E-state index contributed by atoms with van der Waals surface area (Å²) in [6.45, 7) is 4.51. The fourth-order valence-corrected chi connectivity index (χ4v) is 2.64. The van der Waals surface area contributed by atoms with Crippen molar-refractivity contribution in [2.24, 2.45) is 7.05 Å². The Balaban J connectivity index is 2.09. The summed E-state index contributed by atoms with van der Waals surface area (Å²) in [4.78, 5) is 24.1. The number of carbonyl (C=O) groups is 1. The molecule has 1 N–H and O–H groups in total. The van der Waals surface area contributed by atoms with Gasteiger partial charge in [-0.25, -0.2) is 4.79 Å². The molecule has 1 heterocycles. The minimum Gasteiger partial charge on any atom is -0.354 e. The third kappa shape index (κ3) is 3.35. The normalized spacial score (nSPS) is 12.5. The summed E-state index contributed by atoms with van der Waals surface area (Å²) in [5.74, 6) is -0.00390. The molecule has 0 aliphatic heterocycles. The van der Waals surface area contributed by atoms with Crippen molar-refractivity contribution in [3.8, 4) is 0 Å². The smallest absolute Gasteiger partial charge is 0.328 e. The van der Waals surface area contributed by atoms with Gasteiger partial charge in [0, 0.05) is 26.1 Å². The zero-order chi connectivity index (χ0) is 15.4. The molecule has 1 amide bonds. The van der Waals surface area contributed by atoms with Crippen molar-refractivity contribution < 1.29 is 4.79 Å². The van der Waals surface area contributed by atoms with E-state index in [2.05, 4.69) is 12.2 Å². The summed E-state index contributed by atoms with van der Waals surface area (Å²) in [6.07, 6.45) is 2.34. The van der Waals surface area contributed by atoms with Crippen LogP contribution in [0.2, 0.25) is 0 Å². The Morgan fingerprint density at radius 2 is 1.95 bits per heavy atom. The van der Waals surface area contributed by atoms with Crippen molar-refractivity contribution in [2.45, 2.75) is 45.7 Å². The second-order valence-electron chi connectivity index (χ2n) is 5.49. The number of hydrogen-bond donors (Lipinski definition) is 1. The molecule has 0 saturated heterocycles. The monoisotopic (exact) mass is 289 g/mol. The molecule has 5 nitrogen and oxygen atoms in total. The van der Waals surface area contributed by atoms with Crippen LogP contribution in [0.15, 0.2) is 29.1 Å². The fraction of sp³-hybridized carbons (Fsp3) is 0.500. The number of imidazole rings is 1. The molecular weight excluding hydrogens is 266 g/mol. The van der Waals surface area contributed by atoms with Crippen LogP contribution in [-0.4, -0.2) is 21.1 Å². The zero-order valence-corrected chi connectivity index (χ0v) is 12.9. The van der Waals surface area contributed by atoms with Gasteiger partial charge in [0.05, 0.1) is 11.0 Å². The molecule has 1 unspecified atom stereocenters. The maximum absolute atomic E-state index is 12.2. The molecule has 1 aromatic carbocycles. The van der Waals surface area contributed by atoms with Crippen molar-refractivity contribution in [1.82, 2.24) is 14.5 Å². The summed E-state index contributed by atoms with van der Waals surface area (Å²) in [6, 6.07) is 7.82. The first-order valence-corrected chi connectivity index (χ1v) is 7.48. The predicted octanol–water partition coefficient (Wildman–Crippen LogP) is 2.03. The van der Waals surface area contributed by atoms with Gasteiger partial charge >= 0.3 is 5.69 Å². The predicted molar refractivity (Wildman–Crippen MR) is 84.3 cm³/mol. The second-order valence-corrected chi connectivity index (χ2v) is 5.49. The van der Waals surface area contributed by atoms with Gasteiger partial charge in [-0.3, -0.25) is 13.9 Å². The van der Waals surface area contributed by atoms with Gasteiger partial charge in [-0.1, -0.05) is 25.5 Å². The van der Waals surface area contributed by atoms with E-state index < -0.39 is 0 Å². The van der Waals surface area contributed by atoms with E-state index in [1.54, 1.807) is 16.2 Å². The van der Waals surface area contributed by atoms with Crippen LogP contribution >= 0.6 is 0 Å². The van der Waals surface area contributed by atoms with Crippen LogP contribution in [0.1, 0.15) is 33.1 Å². The van der Waals surface area contributed by atoms with Crippen molar-refractivity contribution in [1.29, 1.82) is 0 Å². The first kappa shape index (κ1) is 15.4. The average molecular weight is 289 g/mol. The van der Waals surface area contributed by atoms with E-state index >= 15 is 0 Å². The van der Waals surface area contributed by atoms with Gasteiger partial charge in [0.15, 0.2) is 0 Å². The highest BCUT2D eigenvalue weighted by Gasteiger charge is 2.12. The van der Waals surface area contributed by atoms with E-state index in [4.69, 9.17) is 0 Å². The number of fused-ring (bicyclic) bond motifs is 1. The van der Waals surface area contributed by atoms with Gasteiger partial charge in [-0.15, -0.1) is 0 Å².